The third kappa shape index (κ3) is 4.01. The van der Waals surface area contributed by atoms with Crippen molar-refractivity contribution in [3.63, 3.8) is 0 Å². The number of carbonyl (C=O) groups excluding carboxylic acids is 1. The largest absolute Gasteiger partial charge is 0.376 e. The fourth-order valence-electron chi connectivity index (χ4n) is 2.44. The molecule has 20 heavy (non-hydrogen) atoms. The lowest BCUT2D eigenvalue weighted by molar-refractivity contribution is -0.0000948. The predicted octanol–water partition coefficient (Wildman–Crippen LogP) is 0.867. The second-order valence-electron chi connectivity index (χ2n) is 6.07. The molecule has 1 aliphatic rings. The summed E-state index contributed by atoms with van der Waals surface area (Å²) in [5, 5.41) is 7.60. The molecule has 0 spiro atoms. The Morgan fingerprint density at radius 3 is 2.90 bits per heavy atom. The van der Waals surface area contributed by atoms with Crippen LogP contribution in [0.25, 0.3) is 0 Å². The molecule has 7 nitrogen and oxygen atoms in total. The summed E-state index contributed by atoms with van der Waals surface area (Å²) in [6, 6.07) is 0. The Hall–Kier alpha value is -1.47. The van der Waals surface area contributed by atoms with Crippen LogP contribution in [-0.4, -0.2) is 33.6 Å². The zero-order valence-electron chi connectivity index (χ0n) is 12.1. The van der Waals surface area contributed by atoms with E-state index in [1.807, 2.05) is 5.43 Å². The number of nitrogens with two attached hydrogens (primary N) is 1. The van der Waals surface area contributed by atoms with E-state index in [1.54, 1.807) is 10.9 Å². The molecule has 1 heterocycles. The van der Waals surface area contributed by atoms with Crippen LogP contribution >= 0.6 is 0 Å². The minimum atomic E-state index is -0.438. The number of hydrogen-bond acceptors (Lipinski definition) is 5. The van der Waals surface area contributed by atoms with Gasteiger partial charge in [0.15, 0.2) is 5.69 Å². The Labute approximate surface area is 118 Å². The number of hydrazine groups is 1. The zero-order chi connectivity index (χ0) is 14.6. The van der Waals surface area contributed by atoms with Gasteiger partial charge in [0.05, 0.1) is 25.5 Å². The first-order chi connectivity index (χ1) is 9.50. The molecule has 112 valence electrons. The van der Waals surface area contributed by atoms with Crippen molar-refractivity contribution in [1.29, 1.82) is 0 Å². The molecular formula is C13H23N5O2. The first-order valence-electron chi connectivity index (χ1n) is 7.03. The molecule has 0 unspecified atom stereocenters. The second kappa shape index (κ2) is 6.32. The van der Waals surface area contributed by atoms with Gasteiger partial charge in [-0.3, -0.25) is 10.2 Å². The molecular weight excluding hydrogens is 258 g/mol. The van der Waals surface area contributed by atoms with E-state index in [2.05, 4.69) is 24.2 Å². The van der Waals surface area contributed by atoms with E-state index in [9.17, 15) is 4.79 Å². The third-order valence-electron chi connectivity index (χ3n) is 3.86. The van der Waals surface area contributed by atoms with Crippen molar-refractivity contribution in [2.24, 2.45) is 11.3 Å². The summed E-state index contributed by atoms with van der Waals surface area (Å²) in [6.45, 7) is 5.79. The van der Waals surface area contributed by atoms with Crippen molar-refractivity contribution >= 4 is 5.91 Å². The maximum atomic E-state index is 11.2. The summed E-state index contributed by atoms with van der Waals surface area (Å²) in [4.78, 5) is 11.2. The fourth-order valence-corrected chi connectivity index (χ4v) is 2.44. The number of carbonyl (C=O) groups is 1. The molecule has 0 bridgehead atoms. The van der Waals surface area contributed by atoms with Gasteiger partial charge < -0.3 is 4.74 Å². The van der Waals surface area contributed by atoms with Gasteiger partial charge in [0.1, 0.15) is 0 Å². The Balaban J connectivity index is 1.71. The standard InChI is InChI=1S/C13H23N5O2/c1-13(2)5-3-10(4-6-13)20-8-7-18-9-11(16-17-18)12(19)15-14/h9-10H,3-8,14H2,1-2H3,(H,15,19). The van der Waals surface area contributed by atoms with Gasteiger partial charge in [-0.2, -0.15) is 0 Å². The number of hydrogen-bond donors (Lipinski definition) is 2. The van der Waals surface area contributed by atoms with Crippen LogP contribution in [0.15, 0.2) is 6.20 Å². The monoisotopic (exact) mass is 281 g/mol. The van der Waals surface area contributed by atoms with Crippen LogP contribution in [0.3, 0.4) is 0 Å². The summed E-state index contributed by atoms with van der Waals surface area (Å²) < 4.78 is 7.46. The first-order valence-corrected chi connectivity index (χ1v) is 7.03. The molecule has 1 aromatic heterocycles. The summed E-state index contributed by atoms with van der Waals surface area (Å²) in [5.41, 5.74) is 2.69. The van der Waals surface area contributed by atoms with E-state index in [0.717, 1.165) is 12.8 Å². The van der Waals surface area contributed by atoms with Crippen LogP contribution < -0.4 is 11.3 Å². The molecule has 1 saturated carbocycles. The Kier molecular flexibility index (Phi) is 4.72. The van der Waals surface area contributed by atoms with Gasteiger partial charge >= 0.3 is 0 Å². The minimum absolute atomic E-state index is 0.215. The lowest BCUT2D eigenvalue weighted by atomic mass is 9.76. The molecule has 0 aliphatic heterocycles. The van der Waals surface area contributed by atoms with Gasteiger partial charge in [0.25, 0.3) is 5.91 Å². The van der Waals surface area contributed by atoms with E-state index in [4.69, 9.17) is 10.6 Å². The summed E-state index contributed by atoms with van der Waals surface area (Å²) in [6.07, 6.45) is 6.56. The topological polar surface area (TPSA) is 95.1 Å². The molecule has 2 rings (SSSR count). The Bertz CT molecular complexity index is 447. The number of ether oxygens (including phenoxy) is 1. The van der Waals surface area contributed by atoms with E-state index in [1.165, 1.54) is 12.8 Å². The second-order valence-corrected chi connectivity index (χ2v) is 6.07. The molecule has 1 amide bonds. The third-order valence-corrected chi connectivity index (χ3v) is 3.86. The lowest BCUT2D eigenvalue weighted by Crippen LogP contribution is -2.30. The highest BCUT2D eigenvalue weighted by molar-refractivity contribution is 5.91. The summed E-state index contributed by atoms with van der Waals surface area (Å²) in [5.74, 6) is 4.59. The van der Waals surface area contributed by atoms with E-state index in [-0.39, 0.29) is 5.69 Å². The highest BCUT2D eigenvalue weighted by Gasteiger charge is 2.27. The average Bonchev–Trinajstić information content (AvgIpc) is 2.88. The summed E-state index contributed by atoms with van der Waals surface area (Å²) >= 11 is 0. The van der Waals surface area contributed by atoms with Crippen molar-refractivity contribution in [2.45, 2.75) is 52.2 Å². The molecule has 7 heteroatoms. The van der Waals surface area contributed by atoms with Gasteiger partial charge in [-0.1, -0.05) is 19.1 Å². The van der Waals surface area contributed by atoms with Gasteiger partial charge in [0.2, 0.25) is 0 Å². The fraction of sp³-hybridized carbons (Fsp3) is 0.769. The lowest BCUT2D eigenvalue weighted by Gasteiger charge is -2.34. The molecule has 1 aromatic rings. The average molecular weight is 281 g/mol. The SMILES string of the molecule is CC1(C)CCC(OCCn2cc(C(=O)NN)nn2)CC1. The summed E-state index contributed by atoms with van der Waals surface area (Å²) in [7, 11) is 0. The number of rotatable bonds is 5. The van der Waals surface area contributed by atoms with Crippen LogP contribution in [0.2, 0.25) is 0 Å². The van der Waals surface area contributed by atoms with Gasteiger partial charge in [0, 0.05) is 0 Å². The highest BCUT2D eigenvalue weighted by atomic mass is 16.5. The zero-order valence-corrected chi connectivity index (χ0v) is 12.1. The van der Waals surface area contributed by atoms with Gasteiger partial charge in [-0.25, -0.2) is 10.5 Å². The Morgan fingerprint density at radius 1 is 1.55 bits per heavy atom. The normalized spacial score (nSPS) is 18.9. The van der Waals surface area contributed by atoms with Crippen LogP contribution in [0.5, 0.6) is 0 Å². The number of nitrogen functional groups attached to an aromatic ring is 1. The quantitative estimate of drug-likeness (QED) is 0.474. The van der Waals surface area contributed by atoms with E-state index < -0.39 is 5.91 Å². The Morgan fingerprint density at radius 2 is 2.25 bits per heavy atom. The van der Waals surface area contributed by atoms with Crippen molar-refractivity contribution in [1.82, 2.24) is 20.4 Å². The molecule has 0 atom stereocenters. The minimum Gasteiger partial charge on any atom is -0.376 e. The number of nitrogens with one attached hydrogen (secondary N) is 1. The van der Waals surface area contributed by atoms with Crippen molar-refractivity contribution < 1.29 is 9.53 Å². The molecule has 1 fully saturated rings. The molecule has 3 N–H and O–H groups in total. The molecule has 1 aliphatic carbocycles. The maximum Gasteiger partial charge on any atom is 0.287 e. The highest BCUT2D eigenvalue weighted by Crippen LogP contribution is 2.36. The number of aromatic nitrogens is 3. The smallest absolute Gasteiger partial charge is 0.287 e. The number of nitrogens with zero attached hydrogens (tertiary/aromatic N) is 3. The van der Waals surface area contributed by atoms with Crippen molar-refractivity contribution in [3.8, 4) is 0 Å². The van der Waals surface area contributed by atoms with E-state index >= 15 is 0 Å². The molecule has 0 radical (unpaired) electrons. The van der Waals surface area contributed by atoms with Crippen LogP contribution in [-0.2, 0) is 11.3 Å². The number of amides is 1. The predicted molar refractivity (Wildman–Crippen MR) is 73.7 cm³/mol. The van der Waals surface area contributed by atoms with Gasteiger partial charge in [-0.05, 0) is 31.1 Å². The van der Waals surface area contributed by atoms with Crippen LogP contribution in [0, 0.1) is 5.41 Å². The molecule has 0 saturated heterocycles. The van der Waals surface area contributed by atoms with Crippen molar-refractivity contribution in [2.75, 3.05) is 6.61 Å². The van der Waals surface area contributed by atoms with Crippen LogP contribution in [0.1, 0.15) is 50.0 Å². The molecule has 0 aromatic carbocycles. The van der Waals surface area contributed by atoms with Gasteiger partial charge in [-0.15, -0.1) is 5.10 Å². The van der Waals surface area contributed by atoms with E-state index in [0.29, 0.717) is 24.7 Å². The van der Waals surface area contributed by atoms with Crippen molar-refractivity contribution in [3.05, 3.63) is 11.9 Å². The maximum absolute atomic E-state index is 11.2. The first kappa shape index (κ1) is 14.9. The van der Waals surface area contributed by atoms with Crippen LogP contribution in [0.4, 0.5) is 0 Å².